The minimum Gasteiger partial charge on any atom is -0.492 e. The Morgan fingerprint density at radius 2 is 2.05 bits per heavy atom. The lowest BCUT2D eigenvalue weighted by atomic mass is 10.3. The van der Waals surface area contributed by atoms with Crippen molar-refractivity contribution in [3.63, 3.8) is 0 Å². The van der Waals surface area contributed by atoms with Crippen LogP contribution in [0.2, 0.25) is 5.02 Å². The first-order valence-corrected chi connectivity index (χ1v) is 6.83. The van der Waals surface area contributed by atoms with Crippen molar-refractivity contribution in [3.8, 4) is 5.75 Å². The van der Waals surface area contributed by atoms with E-state index < -0.39 is 0 Å². The molecule has 0 atom stereocenters. The summed E-state index contributed by atoms with van der Waals surface area (Å²) in [7, 11) is 1.90. The molecule has 4 nitrogen and oxygen atoms in total. The van der Waals surface area contributed by atoms with Crippen molar-refractivity contribution in [2.45, 2.75) is 13.3 Å². The van der Waals surface area contributed by atoms with Gasteiger partial charge >= 0.3 is 0 Å². The molecule has 106 valence electrons. The van der Waals surface area contributed by atoms with E-state index in [9.17, 15) is 4.79 Å². The fraction of sp³-hybridized carbons (Fsp3) is 0.500. The molecule has 0 saturated carbocycles. The first-order chi connectivity index (χ1) is 9.11. The molecule has 0 unspecified atom stereocenters. The molecule has 19 heavy (non-hydrogen) atoms. The van der Waals surface area contributed by atoms with Gasteiger partial charge in [0.2, 0.25) is 5.91 Å². The van der Waals surface area contributed by atoms with E-state index in [4.69, 9.17) is 16.3 Å². The van der Waals surface area contributed by atoms with E-state index in [1.807, 2.05) is 31.0 Å². The van der Waals surface area contributed by atoms with Crippen LogP contribution in [0.15, 0.2) is 24.3 Å². The van der Waals surface area contributed by atoms with E-state index in [0.29, 0.717) is 24.7 Å². The van der Waals surface area contributed by atoms with E-state index >= 15 is 0 Å². The molecule has 1 N–H and O–H groups in total. The highest BCUT2D eigenvalue weighted by Crippen LogP contribution is 2.15. The second-order valence-electron chi connectivity index (χ2n) is 4.39. The summed E-state index contributed by atoms with van der Waals surface area (Å²) >= 11 is 5.79. The van der Waals surface area contributed by atoms with Crippen molar-refractivity contribution in [2.75, 3.05) is 33.3 Å². The van der Waals surface area contributed by atoms with Crippen LogP contribution in [0.5, 0.6) is 5.75 Å². The van der Waals surface area contributed by atoms with E-state index in [0.717, 1.165) is 18.7 Å². The highest BCUT2D eigenvalue weighted by atomic mass is 35.5. The number of hydrogen-bond donors (Lipinski definition) is 1. The van der Waals surface area contributed by atoms with Crippen LogP contribution in [0.25, 0.3) is 0 Å². The molecule has 0 aliphatic rings. The van der Waals surface area contributed by atoms with Gasteiger partial charge in [0.05, 0.1) is 6.54 Å². The van der Waals surface area contributed by atoms with Crippen molar-refractivity contribution >= 4 is 17.5 Å². The average molecular weight is 285 g/mol. The minimum absolute atomic E-state index is 0.0517. The van der Waals surface area contributed by atoms with Crippen LogP contribution in [0.4, 0.5) is 0 Å². The zero-order valence-electron chi connectivity index (χ0n) is 11.5. The van der Waals surface area contributed by atoms with E-state index in [-0.39, 0.29) is 5.91 Å². The zero-order valence-corrected chi connectivity index (χ0v) is 12.2. The first-order valence-electron chi connectivity index (χ1n) is 6.45. The number of nitrogens with zero attached hydrogens (tertiary/aromatic N) is 1. The van der Waals surface area contributed by atoms with Gasteiger partial charge < -0.3 is 10.1 Å². The summed E-state index contributed by atoms with van der Waals surface area (Å²) in [5.41, 5.74) is 0. The largest absolute Gasteiger partial charge is 0.492 e. The minimum atomic E-state index is 0.0517. The molecule has 0 aliphatic heterocycles. The summed E-state index contributed by atoms with van der Waals surface area (Å²) in [4.78, 5) is 13.4. The lowest BCUT2D eigenvalue weighted by Gasteiger charge is -2.16. The van der Waals surface area contributed by atoms with Crippen molar-refractivity contribution < 1.29 is 9.53 Å². The Balaban J connectivity index is 2.18. The predicted molar refractivity (Wildman–Crippen MR) is 77.7 cm³/mol. The second kappa shape index (κ2) is 8.77. The summed E-state index contributed by atoms with van der Waals surface area (Å²) in [5, 5.41) is 3.53. The molecule has 0 aromatic heterocycles. The van der Waals surface area contributed by atoms with Crippen LogP contribution >= 0.6 is 11.6 Å². The number of likely N-dealkylation sites (N-methyl/N-ethyl adjacent to an activating group) is 1. The van der Waals surface area contributed by atoms with Crippen LogP contribution in [0.1, 0.15) is 13.3 Å². The Kier molecular flexibility index (Phi) is 7.30. The van der Waals surface area contributed by atoms with Gasteiger partial charge in [0.25, 0.3) is 0 Å². The maximum Gasteiger partial charge on any atom is 0.234 e. The predicted octanol–water partition coefficient (Wildman–Crippen LogP) is 2.18. The summed E-state index contributed by atoms with van der Waals surface area (Å²) in [6.07, 6.45) is 0.954. The number of amides is 1. The standard InChI is InChI=1S/C14H21ClN2O2/c1-3-8-16-14(18)11-17(2)9-10-19-13-6-4-12(15)5-7-13/h4-7H,3,8-11H2,1-2H3,(H,16,18). The van der Waals surface area contributed by atoms with Crippen LogP contribution in [0.3, 0.4) is 0 Å². The fourth-order valence-electron chi connectivity index (χ4n) is 1.49. The number of rotatable bonds is 8. The number of carbonyl (C=O) groups is 1. The van der Waals surface area contributed by atoms with Gasteiger partial charge in [-0.05, 0) is 37.7 Å². The molecule has 0 heterocycles. The summed E-state index contributed by atoms with van der Waals surface area (Å²) in [5.74, 6) is 0.837. The third-order valence-electron chi connectivity index (χ3n) is 2.54. The molecule has 1 amide bonds. The molecule has 0 spiro atoms. The lowest BCUT2D eigenvalue weighted by Crippen LogP contribution is -2.37. The summed E-state index contributed by atoms with van der Waals surface area (Å²) < 4.78 is 5.56. The highest BCUT2D eigenvalue weighted by molar-refractivity contribution is 6.30. The van der Waals surface area contributed by atoms with Crippen molar-refractivity contribution in [2.24, 2.45) is 0 Å². The Labute approximate surface area is 119 Å². The highest BCUT2D eigenvalue weighted by Gasteiger charge is 2.05. The lowest BCUT2D eigenvalue weighted by molar-refractivity contribution is -0.122. The third kappa shape index (κ3) is 7.03. The maximum atomic E-state index is 11.5. The van der Waals surface area contributed by atoms with Gasteiger partial charge in [-0.1, -0.05) is 18.5 Å². The molecule has 0 saturated heterocycles. The molecule has 5 heteroatoms. The normalized spacial score (nSPS) is 10.5. The van der Waals surface area contributed by atoms with Gasteiger partial charge in [-0.2, -0.15) is 0 Å². The number of benzene rings is 1. The van der Waals surface area contributed by atoms with Gasteiger partial charge in [0, 0.05) is 18.1 Å². The number of carbonyl (C=O) groups excluding carboxylic acids is 1. The van der Waals surface area contributed by atoms with Crippen LogP contribution < -0.4 is 10.1 Å². The number of hydrogen-bond acceptors (Lipinski definition) is 3. The van der Waals surface area contributed by atoms with E-state index in [1.165, 1.54) is 0 Å². The molecule has 0 aliphatic carbocycles. The molecule has 0 radical (unpaired) electrons. The summed E-state index contributed by atoms with van der Waals surface area (Å²) in [6.45, 7) is 4.39. The number of ether oxygens (including phenoxy) is 1. The zero-order chi connectivity index (χ0) is 14.1. The average Bonchev–Trinajstić information content (AvgIpc) is 2.38. The van der Waals surface area contributed by atoms with Crippen molar-refractivity contribution in [3.05, 3.63) is 29.3 Å². The molecular weight excluding hydrogens is 264 g/mol. The van der Waals surface area contributed by atoms with Crippen LogP contribution in [-0.2, 0) is 4.79 Å². The van der Waals surface area contributed by atoms with Gasteiger partial charge in [0.15, 0.2) is 0 Å². The van der Waals surface area contributed by atoms with Crippen LogP contribution in [-0.4, -0.2) is 44.1 Å². The molecule has 0 bridgehead atoms. The van der Waals surface area contributed by atoms with Crippen LogP contribution in [0, 0.1) is 0 Å². The smallest absolute Gasteiger partial charge is 0.234 e. The number of halogens is 1. The molecule has 1 aromatic carbocycles. The fourth-order valence-corrected chi connectivity index (χ4v) is 1.62. The molecule has 1 aromatic rings. The van der Waals surface area contributed by atoms with Gasteiger partial charge in [-0.15, -0.1) is 0 Å². The van der Waals surface area contributed by atoms with Gasteiger partial charge in [-0.3, -0.25) is 9.69 Å². The van der Waals surface area contributed by atoms with E-state index in [1.54, 1.807) is 12.1 Å². The quantitative estimate of drug-likeness (QED) is 0.795. The van der Waals surface area contributed by atoms with E-state index in [2.05, 4.69) is 5.32 Å². The van der Waals surface area contributed by atoms with Crippen molar-refractivity contribution in [1.29, 1.82) is 0 Å². The van der Waals surface area contributed by atoms with Crippen molar-refractivity contribution in [1.82, 2.24) is 10.2 Å². The Bertz CT molecular complexity index is 382. The second-order valence-corrected chi connectivity index (χ2v) is 4.83. The maximum absolute atomic E-state index is 11.5. The Morgan fingerprint density at radius 3 is 2.68 bits per heavy atom. The Morgan fingerprint density at radius 1 is 1.37 bits per heavy atom. The topological polar surface area (TPSA) is 41.6 Å². The van der Waals surface area contributed by atoms with Gasteiger partial charge in [0.1, 0.15) is 12.4 Å². The Hall–Kier alpha value is -1.26. The third-order valence-corrected chi connectivity index (χ3v) is 2.79. The SMILES string of the molecule is CCCNC(=O)CN(C)CCOc1ccc(Cl)cc1. The molecular formula is C14H21ClN2O2. The monoisotopic (exact) mass is 284 g/mol. The number of nitrogens with one attached hydrogen (secondary N) is 1. The van der Waals surface area contributed by atoms with Gasteiger partial charge in [-0.25, -0.2) is 0 Å². The summed E-state index contributed by atoms with van der Waals surface area (Å²) in [6, 6.07) is 7.24. The first kappa shape index (κ1) is 15.8. The molecule has 1 rings (SSSR count). The molecule has 0 fully saturated rings.